The zero-order chi connectivity index (χ0) is 20.8. The maximum absolute atomic E-state index is 13.1. The Morgan fingerprint density at radius 3 is 2.93 bits per heavy atom. The van der Waals surface area contributed by atoms with E-state index in [1.54, 1.807) is 17.3 Å². The fourth-order valence-electron chi connectivity index (χ4n) is 3.41. The lowest BCUT2D eigenvalue weighted by molar-refractivity contribution is 0.0674. The summed E-state index contributed by atoms with van der Waals surface area (Å²) in [5, 5.41) is 14.8. The molecule has 1 fully saturated rings. The van der Waals surface area contributed by atoms with Gasteiger partial charge in [-0.1, -0.05) is 19.9 Å². The third-order valence-corrected chi connectivity index (χ3v) is 5.80. The molecule has 8 heteroatoms. The van der Waals surface area contributed by atoms with Crippen molar-refractivity contribution < 1.29 is 9.90 Å². The smallest absolute Gasteiger partial charge is 0.274 e. The number of hydrogen-bond donors (Lipinski definition) is 2. The van der Waals surface area contributed by atoms with E-state index in [0.717, 1.165) is 28.6 Å². The Morgan fingerprint density at radius 2 is 2.21 bits per heavy atom. The molecule has 1 saturated heterocycles. The minimum Gasteiger partial charge on any atom is -0.394 e. The summed E-state index contributed by atoms with van der Waals surface area (Å²) in [5.41, 5.74) is 2.16. The lowest BCUT2D eigenvalue weighted by Crippen LogP contribution is -2.38. The molecular formula is C21H27N5O2S. The number of anilines is 1. The second-order valence-electron chi connectivity index (χ2n) is 6.66. The van der Waals surface area contributed by atoms with Gasteiger partial charge in [-0.15, -0.1) is 11.3 Å². The Balaban J connectivity index is 0.00000117. The summed E-state index contributed by atoms with van der Waals surface area (Å²) < 4.78 is 0.781. The zero-order valence-electron chi connectivity index (χ0n) is 17.0. The molecule has 4 rings (SSSR count). The van der Waals surface area contributed by atoms with Crippen molar-refractivity contribution in [2.24, 2.45) is 0 Å². The predicted molar refractivity (Wildman–Crippen MR) is 116 cm³/mol. The van der Waals surface area contributed by atoms with Gasteiger partial charge in [0.1, 0.15) is 0 Å². The second-order valence-corrected chi connectivity index (χ2v) is 7.58. The maximum atomic E-state index is 13.1. The average Bonchev–Trinajstić information content (AvgIpc) is 3.44. The van der Waals surface area contributed by atoms with Gasteiger partial charge in [-0.3, -0.25) is 9.78 Å². The van der Waals surface area contributed by atoms with Gasteiger partial charge in [0.15, 0.2) is 5.69 Å². The molecular weight excluding hydrogens is 386 g/mol. The Kier molecular flexibility index (Phi) is 7.11. The molecule has 3 aromatic rings. The summed E-state index contributed by atoms with van der Waals surface area (Å²) in [6.07, 6.45) is 5.25. The molecule has 3 aromatic heterocycles. The topological polar surface area (TPSA) is 91.2 Å². The van der Waals surface area contributed by atoms with Crippen molar-refractivity contribution in [2.75, 3.05) is 18.5 Å². The fraction of sp³-hybridized carbons (Fsp3) is 0.429. The number of aromatic nitrogens is 3. The first kappa shape index (κ1) is 21.1. The summed E-state index contributed by atoms with van der Waals surface area (Å²) in [5.74, 6) is 0.277. The molecule has 29 heavy (non-hydrogen) atoms. The van der Waals surface area contributed by atoms with E-state index in [4.69, 9.17) is 0 Å². The molecule has 0 bridgehead atoms. The second kappa shape index (κ2) is 9.76. The molecule has 1 amide bonds. The Bertz CT molecular complexity index is 947. The Hall–Kier alpha value is -2.58. The van der Waals surface area contributed by atoms with Crippen molar-refractivity contribution in [3.05, 3.63) is 47.2 Å². The van der Waals surface area contributed by atoms with Crippen LogP contribution in [0.25, 0.3) is 10.2 Å². The molecule has 0 aromatic carbocycles. The Morgan fingerprint density at radius 1 is 1.38 bits per heavy atom. The van der Waals surface area contributed by atoms with Crippen LogP contribution < -0.4 is 5.32 Å². The van der Waals surface area contributed by atoms with E-state index in [0.29, 0.717) is 18.2 Å². The van der Waals surface area contributed by atoms with Gasteiger partial charge in [0.05, 0.1) is 28.9 Å². The molecule has 0 saturated carbocycles. The van der Waals surface area contributed by atoms with E-state index in [9.17, 15) is 9.90 Å². The van der Waals surface area contributed by atoms with Crippen molar-refractivity contribution >= 4 is 33.4 Å². The van der Waals surface area contributed by atoms with Crippen molar-refractivity contribution in [3.63, 3.8) is 0 Å². The number of thiophene rings is 1. The molecule has 1 aliphatic rings. The minimum absolute atomic E-state index is 0.0203. The number of nitrogens with one attached hydrogen (secondary N) is 1. The number of aliphatic hydroxyl groups excluding tert-OH is 1. The molecule has 154 valence electrons. The number of pyridine rings is 1. The highest BCUT2D eigenvalue weighted by Crippen LogP contribution is 2.28. The number of hydrogen-bond acceptors (Lipinski definition) is 7. The molecule has 4 heterocycles. The average molecular weight is 414 g/mol. The number of likely N-dealkylation sites (tertiary alicyclic amines) is 1. The number of fused-ring (bicyclic) bond motifs is 1. The van der Waals surface area contributed by atoms with Crippen LogP contribution >= 0.6 is 11.3 Å². The van der Waals surface area contributed by atoms with Crippen LogP contribution in [0.3, 0.4) is 0 Å². The standard InChI is InChI=1S/C19H21N5O2S.C2H6/c1-12(13-4-2-7-20-10-13)21-19-22-15-6-9-27-17(15)16(23-19)18(26)24-8-3-5-14(24)11-25;1-2/h2,4,6-7,9-10,12,14,25H,3,5,8,11H2,1H3,(H,21,22,23);1-2H3/t12?,14-;/m1./s1. The minimum atomic E-state index is -0.140. The molecule has 0 radical (unpaired) electrons. The van der Waals surface area contributed by atoms with Crippen LogP contribution in [0, 0.1) is 0 Å². The van der Waals surface area contributed by atoms with E-state index in [-0.39, 0.29) is 24.6 Å². The van der Waals surface area contributed by atoms with Gasteiger partial charge in [-0.2, -0.15) is 0 Å². The van der Waals surface area contributed by atoms with Gasteiger partial charge >= 0.3 is 0 Å². The first-order valence-electron chi connectivity index (χ1n) is 10.0. The number of aliphatic hydroxyl groups is 1. The lowest BCUT2D eigenvalue weighted by Gasteiger charge is -2.23. The summed E-state index contributed by atoms with van der Waals surface area (Å²) in [4.78, 5) is 28.1. The van der Waals surface area contributed by atoms with Gasteiger partial charge < -0.3 is 15.3 Å². The third kappa shape index (κ3) is 4.54. The summed E-state index contributed by atoms with van der Waals surface area (Å²) >= 11 is 1.46. The van der Waals surface area contributed by atoms with Crippen LogP contribution in [-0.2, 0) is 0 Å². The molecule has 0 spiro atoms. The fourth-order valence-corrected chi connectivity index (χ4v) is 4.22. The van der Waals surface area contributed by atoms with Crippen LogP contribution in [0.5, 0.6) is 0 Å². The summed E-state index contributed by atoms with van der Waals surface area (Å²) in [6.45, 7) is 6.63. The monoisotopic (exact) mass is 413 g/mol. The van der Waals surface area contributed by atoms with Crippen LogP contribution in [0.2, 0.25) is 0 Å². The molecule has 7 nitrogen and oxygen atoms in total. The molecule has 1 aliphatic heterocycles. The quantitative estimate of drug-likeness (QED) is 0.660. The van der Waals surface area contributed by atoms with E-state index >= 15 is 0 Å². The summed E-state index contributed by atoms with van der Waals surface area (Å²) in [6, 6.07) is 5.58. The molecule has 2 atom stereocenters. The van der Waals surface area contributed by atoms with Crippen LogP contribution in [0.1, 0.15) is 55.7 Å². The number of amides is 1. The van der Waals surface area contributed by atoms with E-state index < -0.39 is 0 Å². The number of rotatable bonds is 5. The van der Waals surface area contributed by atoms with Gasteiger partial charge in [-0.25, -0.2) is 9.97 Å². The maximum Gasteiger partial charge on any atom is 0.274 e. The Labute approximate surface area is 174 Å². The molecule has 1 unspecified atom stereocenters. The highest BCUT2D eigenvalue weighted by atomic mass is 32.1. The number of nitrogens with zero attached hydrogens (tertiary/aromatic N) is 4. The molecule has 0 aliphatic carbocycles. The highest BCUT2D eigenvalue weighted by Gasteiger charge is 2.31. The van der Waals surface area contributed by atoms with Crippen molar-refractivity contribution in [1.29, 1.82) is 0 Å². The first-order chi connectivity index (χ1) is 14.2. The van der Waals surface area contributed by atoms with Crippen molar-refractivity contribution in [1.82, 2.24) is 19.9 Å². The molecule has 2 N–H and O–H groups in total. The summed E-state index contributed by atoms with van der Waals surface area (Å²) in [7, 11) is 0. The van der Waals surface area contributed by atoms with E-state index in [1.807, 2.05) is 44.4 Å². The highest BCUT2D eigenvalue weighted by molar-refractivity contribution is 7.17. The number of carbonyl (C=O) groups is 1. The van der Waals surface area contributed by atoms with E-state index in [1.165, 1.54) is 11.3 Å². The van der Waals surface area contributed by atoms with Crippen LogP contribution in [0.4, 0.5) is 5.95 Å². The lowest BCUT2D eigenvalue weighted by atomic mass is 10.1. The van der Waals surface area contributed by atoms with Crippen molar-refractivity contribution in [3.8, 4) is 0 Å². The van der Waals surface area contributed by atoms with Gasteiger partial charge in [-0.05, 0) is 42.8 Å². The van der Waals surface area contributed by atoms with Crippen molar-refractivity contribution in [2.45, 2.75) is 45.7 Å². The predicted octanol–water partition coefficient (Wildman–Crippen LogP) is 3.88. The van der Waals surface area contributed by atoms with Crippen LogP contribution in [0.15, 0.2) is 36.0 Å². The zero-order valence-corrected chi connectivity index (χ0v) is 17.8. The largest absolute Gasteiger partial charge is 0.394 e. The SMILES string of the molecule is CC.CC(Nc1nc(C(=O)N2CCC[C@@H]2CO)c2sccc2n1)c1cccnc1. The van der Waals surface area contributed by atoms with Gasteiger partial charge in [0.2, 0.25) is 5.95 Å². The first-order valence-corrected chi connectivity index (χ1v) is 10.9. The third-order valence-electron chi connectivity index (χ3n) is 4.88. The van der Waals surface area contributed by atoms with Gasteiger partial charge in [0, 0.05) is 18.9 Å². The number of carbonyl (C=O) groups excluding carboxylic acids is 1. The normalized spacial score (nSPS) is 17.0. The van der Waals surface area contributed by atoms with Crippen LogP contribution in [-0.4, -0.2) is 50.1 Å². The van der Waals surface area contributed by atoms with E-state index in [2.05, 4.69) is 20.3 Å². The van der Waals surface area contributed by atoms with Gasteiger partial charge in [0.25, 0.3) is 5.91 Å².